The molecular formula is C5H14N3+. The largest absolute Gasteiger partial charge is 0.275 e. The summed E-state index contributed by atoms with van der Waals surface area (Å²) >= 11 is 0. The minimum Gasteiger partial charge on any atom is -0.275 e. The van der Waals surface area contributed by atoms with Crippen LogP contribution in [-0.2, 0) is 0 Å². The Hall–Kier alpha value is -0.570. The molecule has 0 bridgehead atoms. The van der Waals surface area contributed by atoms with Crippen molar-refractivity contribution < 1.29 is 4.99 Å². The molecule has 0 atom stereocenters. The molecule has 0 spiro atoms. The first-order valence-corrected chi connectivity index (χ1v) is 2.62. The summed E-state index contributed by atoms with van der Waals surface area (Å²) in [6.45, 7) is 6.17. The Morgan fingerprint density at radius 1 is 1.50 bits per heavy atom. The minimum atomic E-state index is 0.104. The van der Waals surface area contributed by atoms with Crippen LogP contribution in [0.15, 0.2) is 0 Å². The van der Waals surface area contributed by atoms with Gasteiger partial charge >= 0.3 is 0 Å². The zero-order chi connectivity index (χ0) is 6.62. The van der Waals surface area contributed by atoms with Crippen LogP contribution < -0.4 is 16.3 Å². The van der Waals surface area contributed by atoms with Gasteiger partial charge in [0.05, 0.1) is 5.54 Å². The van der Waals surface area contributed by atoms with Crippen LogP contribution in [0.4, 0.5) is 0 Å². The predicted molar refractivity (Wildman–Crippen MR) is 34.1 cm³/mol. The summed E-state index contributed by atoms with van der Waals surface area (Å²) in [5, 5.41) is 0. The van der Waals surface area contributed by atoms with Gasteiger partial charge < -0.3 is 0 Å². The maximum Gasteiger partial charge on any atom is 0.248 e. The van der Waals surface area contributed by atoms with Crippen molar-refractivity contribution >= 4 is 6.34 Å². The standard InChI is InChI=1S/C5H13N3/c1-5(2,3)7-4-8-6/h4H,6H2,1-3H3,(H,7,8)/p+1. The van der Waals surface area contributed by atoms with Crippen LogP contribution in [0.3, 0.4) is 0 Å². The fraction of sp³-hybridized carbons (Fsp3) is 0.800. The highest BCUT2D eigenvalue weighted by molar-refractivity contribution is 5.45. The fourth-order valence-electron chi connectivity index (χ4n) is 0.258. The third-order valence-corrected chi connectivity index (χ3v) is 0.589. The molecule has 3 heteroatoms. The normalized spacial score (nSPS) is 12.5. The van der Waals surface area contributed by atoms with Crippen molar-refractivity contribution in [2.24, 2.45) is 5.84 Å². The summed E-state index contributed by atoms with van der Waals surface area (Å²) < 4.78 is 0. The average Bonchev–Trinajstić information content (AvgIpc) is 1.59. The molecule has 0 amide bonds. The van der Waals surface area contributed by atoms with Gasteiger partial charge in [0, 0.05) is 0 Å². The summed E-state index contributed by atoms with van der Waals surface area (Å²) in [7, 11) is 0. The number of nitrogens with two attached hydrogens (primary N) is 1. The molecule has 8 heavy (non-hydrogen) atoms. The van der Waals surface area contributed by atoms with E-state index in [2.05, 4.69) is 31.2 Å². The van der Waals surface area contributed by atoms with Gasteiger partial charge in [0.25, 0.3) is 0 Å². The van der Waals surface area contributed by atoms with Crippen LogP contribution in [0.1, 0.15) is 20.8 Å². The van der Waals surface area contributed by atoms with Gasteiger partial charge in [0.15, 0.2) is 0 Å². The van der Waals surface area contributed by atoms with E-state index in [1.807, 2.05) is 0 Å². The molecule has 0 aliphatic carbocycles. The van der Waals surface area contributed by atoms with Crippen molar-refractivity contribution in [2.45, 2.75) is 26.3 Å². The molecule has 0 aromatic heterocycles. The summed E-state index contributed by atoms with van der Waals surface area (Å²) in [6.07, 6.45) is 1.61. The van der Waals surface area contributed by atoms with Crippen molar-refractivity contribution in [2.75, 3.05) is 0 Å². The number of rotatable bonds is 1. The first-order valence-electron chi connectivity index (χ1n) is 2.62. The second-order valence-electron chi connectivity index (χ2n) is 2.71. The smallest absolute Gasteiger partial charge is 0.248 e. The van der Waals surface area contributed by atoms with Gasteiger partial charge in [-0.05, 0) is 20.8 Å². The first kappa shape index (κ1) is 7.43. The molecule has 0 radical (unpaired) electrons. The number of hydrogen-bond acceptors (Lipinski definition) is 1. The lowest BCUT2D eigenvalue weighted by Gasteiger charge is -2.06. The highest BCUT2D eigenvalue weighted by Gasteiger charge is 2.06. The van der Waals surface area contributed by atoms with Crippen LogP contribution >= 0.6 is 0 Å². The molecule has 0 rings (SSSR count). The van der Waals surface area contributed by atoms with Gasteiger partial charge in [-0.1, -0.05) is 0 Å². The lowest BCUT2D eigenvalue weighted by Crippen LogP contribution is -2.83. The fourth-order valence-corrected chi connectivity index (χ4v) is 0.258. The van der Waals surface area contributed by atoms with Crippen molar-refractivity contribution in [1.82, 2.24) is 5.43 Å². The molecule has 3 nitrogen and oxygen atoms in total. The number of hydrazine groups is 1. The molecule has 0 aromatic carbocycles. The quantitative estimate of drug-likeness (QED) is 0.166. The van der Waals surface area contributed by atoms with Crippen LogP contribution in [-0.4, -0.2) is 11.9 Å². The maximum absolute atomic E-state index is 4.97. The molecule has 4 N–H and O–H groups in total. The highest BCUT2D eigenvalue weighted by atomic mass is 15.2. The van der Waals surface area contributed by atoms with Crippen molar-refractivity contribution in [3.05, 3.63) is 0 Å². The second-order valence-corrected chi connectivity index (χ2v) is 2.71. The van der Waals surface area contributed by atoms with Crippen molar-refractivity contribution in [3.8, 4) is 0 Å². The summed E-state index contributed by atoms with van der Waals surface area (Å²) in [5.41, 5.74) is 2.49. The monoisotopic (exact) mass is 116 g/mol. The first-order chi connectivity index (χ1) is 3.56. The Kier molecular flexibility index (Phi) is 2.48. The van der Waals surface area contributed by atoms with Crippen LogP contribution in [0.5, 0.6) is 0 Å². The summed E-state index contributed by atoms with van der Waals surface area (Å²) in [5.74, 6) is 4.97. The lowest BCUT2D eigenvalue weighted by atomic mass is 10.1. The Bertz CT molecular complexity index is 80.2. The summed E-state index contributed by atoms with van der Waals surface area (Å²) in [6, 6.07) is 0. The molecule has 0 unspecified atom stereocenters. The van der Waals surface area contributed by atoms with Crippen molar-refractivity contribution in [1.29, 1.82) is 0 Å². The Labute approximate surface area is 50.0 Å². The average molecular weight is 116 g/mol. The zero-order valence-corrected chi connectivity index (χ0v) is 5.65. The van der Waals surface area contributed by atoms with E-state index in [-0.39, 0.29) is 5.54 Å². The van der Waals surface area contributed by atoms with Gasteiger partial charge in [-0.2, -0.15) is 5.84 Å². The van der Waals surface area contributed by atoms with E-state index in [0.717, 1.165) is 0 Å². The molecule has 0 aliphatic heterocycles. The highest BCUT2D eigenvalue weighted by Crippen LogP contribution is 1.85. The summed E-state index contributed by atoms with van der Waals surface area (Å²) in [4.78, 5) is 3.01. The van der Waals surface area contributed by atoms with Crippen LogP contribution in [0, 0.1) is 0 Å². The molecule has 0 saturated carbocycles. The van der Waals surface area contributed by atoms with Crippen LogP contribution in [0.25, 0.3) is 0 Å². The molecular weight excluding hydrogens is 102 g/mol. The van der Waals surface area contributed by atoms with E-state index in [9.17, 15) is 0 Å². The molecule has 48 valence electrons. The van der Waals surface area contributed by atoms with E-state index in [1.54, 1.807) is 6.34 Å². The predicted octanol–water partition coefficient (Wildman–Crippen LogP) is -1.64. The zero-order valence-electron chi connectivity index (χ0n) is 5.65. The Morgan fingerprint density at radius 2 is 2.00 bits per heavy atom. The molecule has 0 fully saturated rings. The van der Waals surface area contributed by atoms with Gasteiger partial charge in [0.1, 0.15) is 0 Å². The minimum absolute atomic E-state index is 0.104. The third-order valence-electron chi connectivity index (χ3n) is 0.589. The molecule has 0 aliphatic rings. The number of hydrogen-bond donors (Lipinski definition) is 3. The molecule has 0 aromatic rings. The van der Waals surface area contributed by atoms with Gasteiger partial charge in [0.2, 0.25) is 6.34 Å². The topological polar surface area (TPSA) is 52.0 Å². The third kappa shape index (κ3) is 5.43. The van der Waals surface area contributed by atoms with Crippen molar-refractivity contribution in [3.63, 3.8) is 0 Å². The Balaban J connectivity index is 3.52. The lowest BCUT2D eigenvalue weighted by molar-refractivity contribution is -0.535. The van der Waals surface area contributed by atoms with Gasteiger partial charge in [-0.3, -0.25) is 4.99 Å². The van der Waals surface area contributed by atoms with E-state index in [0.29, 0.717) is 0 Å². The molecule has 0 heterocycles. The van der Waals surface area contributed by atoms with E-state index in [4.69, 9.17) is 5.84 Å². The SMILES string of the molecule is CC(C)(C)[NH+]=CNN. The van der Waals surface area contributed by atoms with E-state index in [1.165, 1.54) is 0 Å². The number of nitrogens with one attached hydrogen (secondary N) is 2. The maximum atomic E-state index is 4.97. The van der Waals surface area contributed by atoms with Gasteiger partial charge in [-0.15, -0.1) is 0 Å². The van der Waals surface area contributed by atoms with Gasteiger partial charge in [-0.25, -0.2) is 5.43 Å². The van der Waals surface area contributed by atoms with E-state index < -0.39 is 0 Å². The Morgan fingerprint density at radius 3 is 2.12 bits per heavy atom. The molecule has 0 saturated heterocycles. The van der Waals surface area contributed by atoms with Crippen LogP contribution in [0.2, 0.25) is 0 Å². The second kappa shape index (κ2) is 2.67. The van der Waals surface area contributed by atoms with E-state index >= 15 is 0 Å².